The van der Waals surface area contributed by atoms with Crippen molar-refractivity contribution < 1.29 is 19.1 Å². The SMILES string of the molecule is Cc1cc(C(=O)NC2(C(=O)O)CCCCCC2)ccc1F. The summed E-state index contributed by atoms with van der Waals surface area (Å²) >= 11 is 0. The largest absolute Gasteiger partial charge is 0.480 e. The summed E-state index contributed by atoms with van der Waals surface area (Å²) in [6.07, 6.45) is 4.42. The normalized spacial score (nSPS) is 17.8. The minimum absolute atomic E-state index is 0.291. The van der Waals surface area contributed by atoms with Gasteiger partial charge in [-0.3, -0.25) is 4.79 Å². The molecule has 0 unspecified atom stereocenters. The number of carbonyl (C=O) groups is 2. The standard InChI is InChI=1S/C16H20FNO3/c1-11-10-12(6-7-13(11)17)14(19)18-16(15(20)21)8-4-2-3-5-9-16/h6-7,10H,2-5,8-9H2,1H3,(H,18,19)(H,20,21). The Morgan fingerprint density at radius 3 is 2.33 bits per heavy atom. The van der Waals surface area contributed by atoms with Crippen LogP contribution in [0.4, 0.5) is 4.39 Å². The molecule has 4 nitrogen and oxygen atoms in total. The van der Waals surface area contributed by atoms with E-state index in [0.29, 0.717) is 24.0 Å². The molecule has 1 fully saturated rings. The number of aliphatic carboxylic acids is 1. The van der Waals surface area contributed by atoms with Crippen LogP contribution in [0.1, 0.15) is 54.4 Å². The van der Waals surface area contributed by atoms with Gasteiger partial charge in [-0.25, -0.2) is 9.18 Å². The molecule has 5 heteroatoms. The molecule has 0 atom stereocenters. The average molecular weight is 293 g/mol. The highest BCUT2D eigenvalue weighted by atomic mass is 19.1. The van der Waals surface area contributed by atoms with E-state index < -0.39 is 17.4 Å². The van der Waals surface area contributed by atoms with Gasteiger partial charge < -0.3 is 10.4 Å². The predicted octanol–water partition coefficient (Wildman–Crippen LogP) is 3.04. The van der Waals surface area contributed by atoms with Crippen LogP contribution in [0.25, 0.3) is 0 Å². The Hall–Kier alpha value is -1.91. The van der Waals surface area contributed by atoms with Gasteiger partial charge in [0.15, 0.2) is 0 Å². The van der Waals surface area contributed by atoms with E-state index in [2.05, 4.69) is 5.32 Å². The molecule has 0 heterocycles. The van der Waals surface area contributed by atoms with E-state index in [4.69, 9.17) is 0 Å². The van der Waals surface area contributed by atoms with Crippen LogP contribution in [0.2, 0.25) is 0 Å². The van der Waals surface area contributed by atoms with Gasteiger partial charge in [0.05, 0.1) is 0 Å². The summed E-state index contributed by atoms with van der Waals surface area (Å²) in [5.74, 6) is -1.83. The Labute approximate surface area is 123 Å². The van der Waals surface area contributed by atoms with Crippen molar-refractivity contribution in [2.45, 2.75) is 51.0 Å². The highest BCUT2D eigenvalue weighted by Crippen LogP contribution is 2.28. The molecule has 0 spiro atoms. The van der Waals surface area contributed by atoms with Gasteiger partial charge in [-0.1, -0.05) is 25.7 Å². The molecule has 1 aliphatic rings. The van der Waals surface area contributed by atoms with Crippen molar-refractivity contribution >= 4 is 11.9 Å². The van der Waals surface area contributed by atoms with Crippen LogP contribution in [-0.2, 0) is 4.79 Å². The first-order valence-corrected chi connectivity index (χ1v) is 7.27. The lowest BCUT2D eigenvalue weighted by molar-refractivity contribution is -0.145. The molecule has 0 aliphatic heterocycles. The minimum atomic E-state index is -1.20. The summed E-state index contributed by atoms with van der Waals surface area (Å²) in [4.78, 5) is 23.9. The Morgan fingerprint density at radius 2 is 1.81 bits per heavy atom. The topological polar surface area (TPSA) is 66.4 Å². The molecule has 0 aromatic heterocycles. The van der Waals surface area contributed by atoms with Gasteiger partial charge in [0.25, 0.3) is 5.91 Å². The van der Waals surface area contributed by atoms with Crippen molar-refractivity contribution in [3.05, 3.63) is 35.1 Å². The van der Waals surface area contributed by atoms with Crippen molar-refractivity contribution in [2.24, 2.45) is 0 Å². The number of benzene rings is 1. The van der Waals surface area contributed by atoms with Crippen LogP contribution in [0.15, 0.2) is 18.2 Å². The maximum Gasteiger partial charge on any atom is 0.329 e. The molecule has 2 N–H and O–H groups in total. The maximum absolute atomic E-state index is 13.3. The zero-order valence-corrected chi connectivity index (χ0v) is 12.1. The molecule has 1 aromatic carbocycles. The first-order valence-electron chi connectivity index (χ1n) is 7.27. The average Bonchev–Trinajstić information content (AvgIpc) is 2.68. The number of rotatable bonds is 3. The third-order valence-corrected chi connectivity index (χ3v) is 4.14. The van der Waals surface area contributed by atoms with Gasteiger partial charge in [-0.2, -0.15) is 0 Å². The molecule has 1 saturated carbocycles. The quantitative estimate of drug-likeness (QED) is 0.842. The number of carbonyl (C=O) groups excluding carboxylic acids is 1. The Balaban J connectivity index is 2.21. The van der Waals surface area contributed by atoms with E-state index in [9.17, 15) is 19.1 Å². The highest BCUT2D eigenvalue weighted by Gasteiger charge is 2.40. The lowest BCUT2D eigenvalue weighted by Crippen LogP contribution is -2.54. The number of halogens is 1. The number of carboxylic acid groups (broad SMARTS) is 1. The molecule has 0 radical (unpaired) electrons. The van der Waals surface area contributed by atoms with Crippen molar-refractivity contribution in [1.29, 1.82) is 0 Å². The molecular weight excluding hydrogens is 273 g/mol. The zero-order valence-electron chi connectivity index (χ0n) is 12.1. The highest BCUT2D eigenvalue weighted by molar-refractivity contribution is 5.98. The Kier molecular flexibility index (Phi) is 4.60. The summed E-state index contributed by atoms with van der Waals surface area (Å²) in [5, 5.41) is 12.2. The zero-order chi connectivity index (χ0) is 15.5. The fourth-order valence-electron chi connectivity index (χ4n) is 2.80. The van der Waals surface area contributed by atoms with Crippen molar-refractivity contribution in [2.75, 3.05) is 0 Å². The number of amides is 1. The van der Waals surface area contributed by atoms with E-state index >= 15 is 0 Å². The molecule has 21 heavy (non-hydrogen) atoms. The monoisotopic (exact) mass is 293 g/mol. The van der Waals surface area contributed by atoms with E-state index in [1.54, 1.807) is 6.92 Å². The summed E-state index contributed by atoms with van der Waals surface area (Å²) in [6, 6.07) is 4.05. The van der Waals surface area contributed by atoms with E-state index in [-0.39, 0.29) is 5.82 Å². The molecular formula is C16H20FNO3. The summed E-state index contributed by atoms with van der Waals surface area (Å²) in [5.41, 5.74) is -0.540. The van der Waals surface area contributed by atoms with Gasteiger partial charge in [0.1, 0.15) is 11.4 Å². The van der Waals surface area contributed by atoms with Crippen LogP contribution in [-0.4, -0.2) is 22.5 Å². The second-order valence-electron chi connectivity index (χ2n) is 5.72. The summed E-state index contributed by atoms with van der Waals surface area (Å²) < 4.78 is 13.3. The lowest BCUT2D eigenvalue weighted by Gasteiger charge is -2.29. The van der Waals surface area contributed by atoms with Gasteiger partial charge >= 0.3 is 5.97 Å². The van der Waals surface area contributed by atoms with Gasteiger partial charge in [-0.05, 0) is 43.5 Å². The van der Waals surface area contributed by atoms with Crippen LogP contribution in [0.5, 0.6) is 0 Å². The Morgan fingerprint density at radius 1 is 1.19 bits per heavy atom. The van der Waals surface area contributed by atoms with Crippen LogP contribution < -0.4 is 5.32 Å². The van der Waals surface area contributed by atoms with E-state index in [1.807, 2.05) is 0 Å². The first kappa shape index (κ1) is 15.5. The fraction of sp³-hybridized carbons (Fsp3) is 0.500. The van der Waals surface area contributed by atoms with E-state index in [1.165, 1.54) is 18.2 Å². The molecule has 114 valence electrons. The summed E-state index contributed by atoms with van der Waals surface area (Å²) in [6.45, 7) is 1.57. The second kappa shape index (κ2) is 6.24. The van der Waals surface area contributed by atoms with Crippen LogP contribution in [0, 0.1) is 12.7 Å². The Bertz CT molecular complexity index is 548. The van der Waals surface area contributed by atoms with Crippen molar-refractivity contribution in [3.8, 4) is 0 Å². The van der Waals surface area contributed by atoms with E-state index in [0.717, 1.165) is 25.7 Å². The van der Waals surface area contributed by atoms with Crippen molar-refractivity contribution in [1.82, 2.24) is 5.32 Å². The number of hydrogen-bond donors (Lipinski definition) is 2. The number of hydrogen-bond acceptors (Lipinski definition) is 2. The lowest BCUT2D eigenvalue weighted by atomic mass is 9.89. The maximum atomic E-state index is 13.3. The number of carboxylic acids is 1. The third kappa shape index (κ3) is 3.40. The fourth-order valence-corrected chi connectivity index (χ4v) is 2.80. The molecule has 1 aliphatic carbocycles. The third-order valence-electron chi connectivity index (χ3n) is 4.14. The first-order chi connectivity index (χ1) is 9.94. The molecule has 1 aromatic rings. The van der Waals surface area contributed by atoms with Gasteiger partial charge in [0.2, 0.25) is 0 Å². The second-order valence-corrected chi connectivity index (χ2v) is 5.72. The minimum Gasteiger partial charge on any atom is -0.480 e. The number of aryl methyl sites for hydroxylation is 1. The summed E-state index contributed by atoms with van der Waals surface area (Å²) in [7, 11) is 0. The van der Waals surface area contributed by atoms with Crippen LogP contribution in [0.3, 0.4) is 0 Å². The van der Waals surface area contributed by atoms with Gasteiger partial charge in [0, 0.05) is 5.56 Å². The van der Waals surface area contributed by atoms with Gasteiger partial charge in [-0.15, -0.1) is 0 Å². The molecule has 0 bridgehead atoms. The number of nitrogens with one attached hydrogen (secondary N) is 1. The van der Waals surface area contributed by atoms with Crippen LogP contribution >= 0.6 is 0 Å². The smallest absolute Gasteiger partial charge is 0.329 e. The molecule has 1 amide bonds. The molecule has 0 saturated heterocycles. The molecule has 2 rings (SSSR count). The van der Waals surface area contributed by atoms with Crippen molar-refractivity contribution in [3.63, 3.8) is 0 Å². The predicted molar refractivity (Wildman–Crippen MR) is 76.7 cm³/mol.